The summed E-state index contributed by atoms with van der Waals surface area (Å²) in [6.45, 7) is 3.35. The maximum absolute atomic E-state index is 6.20. The van der Waals surface area contributed by atoms with Gasteiger partial charge in [0.15, 0.2) is 0 Å². The molecule has 0 aromatic heterocycles. The Morgan fingerprint density at radius 3 is 2.71 bits per heavy atom. The highest BCUT2D eigenvalue weighted by Crippen LogP contribution is 2.29. The number of rotatable bonds is 6. The molecule has 0 atom stereocenters. The average molecular weight is 389 g/mol. The summed E-state index contributed by atoms with van der Waals surface area (Å²) in [5.74, 6) is 0.798. The quantitative estimate of drug-likeness (QED) is 0.639. The number of halogens is 3. The second kappa shape index (κ2) is 7.92. The Balaban J connectivity index is 2.14. The van der Waals surface area contributed by atoms with E-state index in [1.54, 1.807) is 0 Å². The van der Waals surface area contributed by atoms with Crippen LogP contribution in [0.2, 0.25) is 10.0 Å². The van der Waals surface area contributed by atoms with E-state index in [4.69, 9.17) is 27.9 Å². The smallest absolute Gasteiger partial charge is 0.142 e. The van der Waals surface area contributed by atoms with Crippen molar-refractivity contribution in [1.82, 2.24) is 0 Å². The lowest BCUT2D eigenvalue weighted by Gasteiger charge is -2.14. The van der Waals surface area contributed by atoms with Crippen LogP contribution in [0.5, 0.6) is 5.75 Å². The second-order valence-corrected chi connectivity index (χ2v) is 6.34. The van der Waals surface area contributed by atoms with E-state index < -0.39 is 0 Å². The van der Waals surface area contributed by atoms with Gasteiger partial charge in [-0.25, -0.2) is 0 Å². The van der Waals surface area contributed by atoms with Crippen LogP contribution in [0.4, 0.5) is 5.69 Å². The number of ether oxygens (including phenoxy) is 1. The van der Waals surface area contributed by atoms with Crippen molar-refractivity contribution in [3.05, 3.63) is 56.5 Å². The molecule has 0 saturated heterocycles. The summed E-state index contributed by atoms with van der Waals surface area (Å²) in [6, 6.07) is 11.3. The summed E-state index contributed by atoms with van der Waals surface area (Å²) in [4.78, 5) is 0. The van der Waals surface area contributed by atoms with Crippen LogP contribution in [0.15, 0.2) is 40.9 Å². The SMILES string of the molecule is CCCOc1ccc(Cl)cc1NCc1cc(Br)ccc1Cl. The van der Waals surface area contributed by atoms with Crippen LogP contribution in [-0.4, -0.2) is 6.61 Å². The summed E-state index contributed by atoms with van der Waals surface area (Å²) in [7, 11) is 0. The van der Waals surface area contributed by atoms with Crippen LogP contribution in [0, 0.1) is 0 Å². The zero-order chi connectivity index (χ0) is 15.2. The lowest BCUT2D eigenvalue weighted by Crippen LogP contribution is -2.04. The zero-order valence-electron chi connectivity index (χ0n) is 11.6. The number of nitrogens with one attached hydrogen (secondary N) is 1. The fraction of sp³-hybridized carbons (Fsp3) is 0.250. The van der Waals surface area contributed by atoms with Gasteiger partial charge in [0.2, 0.25) is 0 Å². The fourth-order valence-corrected chi connectivity index (χ4v) is 2.61. The van der Waals surface area contributed by atoms with Gasteiger partial charge in [0, 0.05) is 21.1 Å². The molecular formula is C16H16BrCl2NO. The zero-order valence-corrected chi connectivity index (χ0v) is 14.7. The molecule has 0 saturated carbocycles. The lowest BCUT2D eigenvalue weighted by molar-refractivity contribution is 0.319. The third-order valence-electron chi connectivity index (χ3n) is 2.88. The van der Waals surface area contributed by atoms with Crippen LogP contribution in [0.3, 0.4) is 0 Å². The van der Waals surface area contributed by atoms with E-state index in [1.807, 2.05) is 36.4 Å². The van der Waals surface area contributed by atoms with Crippen LogP contribution in [0.1, 0.15) is 18.9 Å². The first kappa shape index (κ1) is 16.5. The Morgan fingerprint density at radius 2 is 1.95 bits per heavy atom. The van der Waals surface area contributed by atoms with Crippen molar-refractivity contribution in [2.75, 3.05) is 11.9 Å². The van der Waals surface area contributed by atoms with E-state index in [1.165, 1.54) is 0 Å². The molecule has 0 aliphatic heterocycles. The number of anilines is 1. The van der Waals surface area contributed by atoms with Gasteiger partial charge in [0.25, 0.3) is 0 Å². The van der Waals surface area contributed by atoms with Gasteiger partial charge in [0.05, 0.1) is 12.3 Å². The molecule has 0 radical (unpaired) electrons. The molecule has 0 heterocycles. The Kier molecular flexibility index (Phi) is 6.22. The number of benzene rings is 2. The molecule has 2 aromatic rings. The fourth-order valence-electron chi connectivity index (χ4n) is 1.85. The third kappa shape index (κ3) is 4.80. The van der Waals surface area contributed by atoms with E-state index in [2.05, 4.69) is 28.2 Å². The highest BCUT2D eigenvalue weighted by Gasteiger charge is 2.06. The minimum absolute atomic E-state index is 0.598. The Hall–Kier alpha value is -0.900. The molecule has 0 aliphatic carbocycles. The molecule has 5 heteroatoms. The lowest BCUT2D eigenvalue weighted by atomic mass is 10.2. The highest BCUT2D eigenvalue weighted by atomic mass is 79.9. The summed E-state index contributed by atoms with van der Waals surface area (Å²) in [5, 5.41) is 4.73. The highest BCUT2D eigenvalue weighted by molar-refractivity contribution is 9.10. The minimum atomic E-state index is 0.598. The Labute approximate surface area is 143 Å². The number of hydrogen-bond acceptors (Lipinski definition) is 2. The monoisotopic (exact) mass is 387 g/mol. The van der Waals surface area contributed by atoms with E-state index >= 15 is 0 Å². The van der Waals surface area contributed by atoms with Crippen LogP contribution in [-0.2, 0) is 6.54 Å². The van der Waals surface area contributed by atoms with Crippen molar-refractivity contribution in [2.24, 2.45) is 0 Å². The predicted molar refractivity (Wildman–Crippen MR) is 93.7 cm³/mol. The van der Waals surface area contributed by atoms with Crippen molar-refractivity contribution in [1.29, 1.82) is 0 Å². The molecule has 21 heavy (non-hydrogen) atoms. The molecule has 0 spiro atoms. The van der Waals surface area contributed by atoms with Crippen LogP contribution in [0.25, 0.3) is 0 Å². The molecule has 2 aromatic carbocycles. The molecule has 2 rings (SSSR count). The average Bonchev–Trinajstić information content (AvgIpc) is 2.47. The molecule has 0 amide bonds. The molecule has 0 unspecified atom stereocenters. The Bertz CT molecular complexity index is 619. The second-order valence-electron chi connectivity index (χ2n) is 4.58. The van der Waals surface area contributed by atoms with Crippen LogP contribution >= 0.6 is 39.1 Å². The summed E-state index contributed by atoms with van der Waals surface area (Å²) >= 11 is 15.7. The van der Waals surface area contributed by atoms with E-state index in [0.717, 1.165) is 32.9 Å². The van der Waals surface area contributed by atoms with Gasteiger partial charge < -0.3 is 10.1 Å². The summed E-state index contributed by atoms with van der Waals surface area (Å²) in [6.07, 6.45) is 0.958. The predicted octanol–water partition coefficient (Wildman–Crippen LogP) is 6.16. The van der Waals surface area contributed by atoms with Gasteiger partial charge >= 0.3 is 0 Å². The molecule has 0 aliphatic rings. The van der Waals surface area contributed by atoms with Gasteiger partial charge in [-0.05, 0) is 48.4 Å². The molecule has 0 bridgehead atoms. The van der Waals surface area contributed by atoms with Crippen molar-refractivity contribution >= 4 is 44.8 Å². The van der Waals surface area contributed by atoms with E-state index in [0.29, 0.717) is 18.2 Å². The summed E-state index contributed by atoms with van der Waals surface area (Å²) in [5.41, 5.74) is 1.87. The van der Waals surface area contributed by atoms with Crippen LogP contribution < -0.4 is 10.1 Å². The van der Waals surface area contributed by atoms with Crippen molar-refractivity contribution < 1.29 is 4.74 Å². The first-order valence-electron chi connectivity index (χ1n) is 6.70. The van der Waals surface area contributed by atoms with Gasteiger partial charge in [-0.2, -0.15) is 0 Å². The first-order valence-corrected chi connectivity index (χ1v) is 8.25. The van der Waals surface area contributed by atoms with Crippen molar-refractivity contribution in [3.8, 4) is 5.75 Å². The maximum Gasteiger partial charge on any atom is 0.142 e. The molecular weight excluding hydrogens is 373 g/mol. The van der Waals surface area contributed by atoms with Gasteiger partial charge in [-0.15, -0.1) is 0 Å². The first-order chi connectivity index (χ1) is 10.1. The third-order valence-corrected chi connectivity index (χ3v) is 3.98. The van der Waals surface area contributed by atoms with Crippen molar-refractivity contribution in [2.45, 2.75) is 19.9 Å². The largest absolute Gasteiger partial charge is 0.491 e. The minimum Gasteiger partial charge on any atom is -0.491 e. The van der Waals surface area contributed by atoms with Gasteiger partial charge in [-0.1, -0.05) is 46.1 Å². The van der Waals surface area contributed by atoms with Gasteiger partial charge in [-0.3, -0.25) is 0 Å². The molecule has 1 N–H and O–H groups in total. The molecule has 112 valence electrons. The summed E-state index contributed by atoms with van der Waals surface area (Å²) < 4.78 is 6.72. The normalized spacial score (nSPS) is 10.5. The molecule has 2 nitrogen and oxygen atoms in total. The van der Waals surface area contributed by atoms with E-state index in [-0.39, 0.29) is 0 Å². The maximum atomic E-state index is 6.20. The Morgan fingerprint density at radius 1 is 1.14 bits per heavy atom. The standard InChI is InChI=1S/C16H16BrCl2NO/c1-2-7-21-16-6-4-13(18)9-15(16)20-10-11-8-12(17)3-5-14(11)19/h3-6,8-9,20H,2,7,10H2,1H3. The molecule has 0 fully saturated rings. The van der Waals surface area contributed by atoms with Gasteiger partial charge in [0.1, 0.15) is 5.75 Å². The van der Waals surface area contributed by atoms with Crippen molar-refractivity contribution in [3.63, 3.8) is 0 Å². The van der Waals surface area contributed by atoms with E-state index in [9.17, 15) is 0 Å². The topological polar surface area (TPSA) is 21.3 Å². The number of hydrogen-bond donors (Lipinski definition) is 1.